The van der Waals surface area contributed by atoms with Gasteiger partial charge in [-0.3, -0.25) is 4.79 Å². The van der Waals surface area contributed by atoms with Crippen LogP contribution in [0.4, 0.5) is 5.69 Å². The molecule has 94 valence electrons. The van der Waals surface area contributed by atoms with E-state index in [1.165, 1.54) is 16.0 Å². The first-order valence-corrected chi connectivity index (χ1v) is 5.61. The molecule has 1 aromatic rings. The van der Waals surface area contributed by atoms with E-state index in [2.05, 4.69) is 0 Å². The summed E-state index contributed by atoms with van der Waals surface area (Å²) in [7, 11) is 1.68. The lowest BCUT2D eigenvalue weighted by Gasteiger charge is -2.23. The fourth-order valence-corrected chi connectivity index (χ4v) is 1.75. The van der Waals surface area contributed by atoms with E-state index < -0.39 is 6.04 Å². The van der Waals surface area contributed by atoms with E-state index in [1.807, 2.05) is 32.9 Å². The third-order valence-corrected chi connectivity index (χ3v) is 3.24. The second-order valence-electron chi connectivity index (χ2n) is 4.34. The molecule has 1 rings (SSSR count). The average Bonchev–Trinajstić information content (AvgIpc) is 2.33. The molecule has 0 aliphatic heterocycles. The molecule has 0 aliphatic carbocycles. The van der Waals surface area contributed by atoms with E-state index in [4.69, 9.17) is 10.8 Å². The number of hydrogen-bond acceptors (Lipinski definition) is 3. The van der Waals surface area contributed by atoms with Crippen molar-refractivity contribution in [2.75, 3.05) is 18.6 Å². The van der Waals surface area contributed by atoms with Crippen molar-refractivity contribution in [3.05, 3.63) is 28.8 Å². The Bertz CT molecular complexity index is 430. The summed E-state index contributed by atoms with van der Waals surface area (Å²) in [6, 6.07) is 3.02. The van der Waals surface area contributed by atoms with Crippen molar-refractivity contribution in [2.24, 2.45) is 5.73 Å². The topological polar surface area (TPSA) is 66.6 Å². The lowest BCUT2D eigenvalue weighted by atomic mass is 10.0. The summed E-state index contributed by atoms with van der Waals surface area (Å²) in [5, 5.41) is 8.90. The molecule has 4 heteroatoms. The number of carbonyl (C=O) groups excluding carboxylic acids is 1. The average molecular weight is 236 g/mol. The zero-order valence-corrected chi connectivity index (χ0v) is 10.8. The minimum absolute atomic E-state index is 0.279. The van der Waals surface area contributed by atoms with Gasteiger partial charge in [0, 0.05) is 12.7 Å². The van der Waals surface area contributed by atoms with E-state index in [9.17, 15) is 4.79 Å². The number of benzene rings is 1. The van der Waals surface area contributed by atoms with Crippen LogP contribution in [0.1, 0.15) is 16.7 Å². The van der Waals surface area contributed by atoms with Crippen LogP contribution in [0, 0.1) is 20.8 Å². The van der Waals surface area contributed by atoms with Crippen LogP contribution in [0.3, 0.4) is 0 Å². The highest BCUT2D eigenvalue weighted by molar-refractivity contribution is 5.97. The van der Waals surface area contributed by atoms with Gasteiger partial charge in [-0.15, -0.1) is 0 Å². The second kappa shape index (κ2) is 5.29. The minimum Gasteiger partial charge on any atom is -0.394 e. The van der Waals surface area contributed by atoms with Crippen molar-refractivity contribution >= 4 is 11.6 Å². The van der Waals surface area contributed by atoms with Crippen molar-refractivity contribution in [3.63, 3.8) is 0 Å². The standard InChI is InChI=1S/C13H20N2O2/c1-8-5-6-12(10(3)9(8)2)15(4)13(17)11(14)7-16/h5-6,11,16H,7,14H2,1-4H3. The third kappa shape index (κ3) is 2.65. The molecule has 3 N–H and O–H groups in total. The molecule has 0 radical (unpaired) electrons. The van der Waals surface area contributed by atoms with Crippen LogP contribution in [0.25, 0.3) is 0 Å². The van der Waals surface area contributed by atoms with Crippen LogP contribution < -0.4 is 10.6 Å². The maximum absolute atomic E-state index is 11.9. The number of likely N-dealkylation sites (N-methyl/N-ethyl adjacent to an activating group) is 1. The molecule has 0 aromatic heterocycles. The number of aryl methyl sites for hydroxylation is 1. The first kappa shape index (κ1) is 13.7. The minimum atomic E-state index is -0.860. The Morgan fingerprint density at radius 2 is 1.94 bits per heavy atom. The molecular formula is C13H20N2O2. The summed E-state index contributed by atoms with van der Waals surface area (Å²) >= 11 is 0. The smallest absolute Gasteiger partial charge is 0.246 e. The highest BCUT2D eigenvalue weighted by atomic mass is 16.3. The van der Waals surface area contributed by atoms with Gasteiger partial charge in [-0.2, -0.15) is 0 Å². The van der Waals surface area contributed by atoms with E-state index in [0.717, 1.165) is 11.3 Å². The largest absolute Gasteiger partial charge is 0.394 e. The number of hydrogen-bond donors (Lipinski definition) is 2. The maximum Gasteiger partial charge on any atom is 0.246 e. The van der Waals surface area contributed by atoms with Gasteiger partial charge in [-0.25, -0.2) is 0 Å². The summed E-state index contributed by atoms with van der Waals surface area (Å²) in [5.41, 5.74) is 9.79. The van der Waals surface area contributed by atoms with Gasteiger partial charge in [0.05, 0.1) is 6.61 Å². The van der Waals surface area contributed by atoms with Gasteiger partial charge in [-0.1, -0.05) is 6.07 Å². The Hall–Kier alpha value is -1.39. The summed E-state index contributed by atoms with van der Waals surface area (Å²) in [5.74, 6) is -0.279. The second-order valence-corrected chi connectivity index (χ2v) is 4.34. The van der Waals surface area contributed by atoms with Crippen LogP contribution >= 0.6 is 0 Å². The molecule has 17 heavy (non-hydrogen) atoms. The Kier molecular flexibility index (Phi) is 4.26. The SMILES string of the molecule is Cc1ccc(N(C)C(=O)C(N)CO)c(C)c1C. The van der Waals surface area contributed by atoms with Gasteiger partial charge in [0.15, 0.2) is 0 Å². The predicted molar refractivity (Wildman–Crippen MR) is 69.1 cm³/mol. The Labute approximate surface area is 102 Å². The number of aliphatic hydroxyl groups excluding tert-OH is 1. The van der Waals surface area contributed by atoms with E-state index in [-0.39, 0.29) is 12.5 Å². The van der Waals surface area contributed by atoms with Crippen LogP contribution in [-0.4, -0.2) is 30.7 Å². The number of nitrogens with two attached hydrogens (primary N) is 1. The van der Waals surface area contributed by atoms with E-state index in [0.29, 0.717) is 0 Å². The Morgan fingerprint density at radius 1 is 1.35 bits per heavy atom. The summed E-state index contributed by atoms with van der Waals surface area (Å²) in [6.45, 7) is 5.70. The highest BCUT2D eigenvalue weighted by Gasteiger charge is 2.20. The zero-order valence-electron chi connectivity index (χ0n) is 10.8. The van der Waals surface area contributed by atoms with Gasteiger partial charge < -0.3 is 15.7 Å². The monoisotopic (exact) mass is 236 g/mol. The van der Waals surface area contributed by atoms with Crippen LogP contribution in [0.15, 0.2) is 12.1 Å². The number of rotatable bonds is 3. The first-order chi connectivity index (χ1) is 7.90. The zero-order chi connectivity index (χ0) is 13.2. The molecule has 0 spiro atoms. The summed E-state index contributed by atoms with van der Waals surface area (Å²) in [6.07, 6.45) is 0. The van der Waals surface area contributed by atoms with Crippen LogP contribution in [0.5, 0.6) is 0 Å². The van der Waals surface area contributed by atoms with Gasteiger partial charge >= 0.3 is 0 Å². The van der Waals surface area contributed by atoms with Gasteiger partial charge in [0.2, 0.25) is 5.91 Å². The number of nitrogens with zero attached hydrogens (tertiary/aromatic N) is 1. The Morgan fingerprint density at radius 3 is 2.47 bits per heavy atom. The molecule has 0 bridgehead atoms. The molecule has 4 nitrogen and oxygen atoms in total. The van der Waals surface area contributed by atoms with Gasteiger partial charge in [0.1, 0.15) is 6.04 Å². The molecule has 0 saturated heterocycles. The normalized spacial score (nSPS) is 12.4. The number of aliphatic hydroxyl groups is 1. The fourth-order valence-electron chi connectivity index (χ4n) is 1.75. The van der Waals surface area contributed by atoms with Crippen molar-refractivity contribution in [1.82, 2.24) is 0 Å². The van der Waals surface area contributed by atoms with Crippen molar-refractivity contribution < 1.29 is 9.90 Å². The quantitative estimate of drug-likeness (QED) is 0.819. The first-order valence-electron chi connectivity index (χ1n) is 5.61. The summed E-state index contributed by atoms with van der Waals surface area (Å²) in [4.78, 5) is 13.4. The van der Waals surface area contributed by atoms with Gasteiger partial charge in [0.25, 0.3) is 0 Å². The van der Waals surface area contributed by atoms with Crippen LogP contribution in [0.2, 0.25) is 0 Å². The highest BCUT2D eigenvalue weighted by Crippen LogP contribution is 2.24. The molecule has 0 saturated carbocycles. The fraction of sp³-hybridized carbons (Fsp3) is 0.462. The number of anilines is 1. The predicted octanol–water partition coefficient (Wildman–Crippen LogP) is 0.894. The maximum atomic E-state index is 11.9. The third-order valence-electron chi connectivity index (χ3n) is 3.24. The van der Waals surface area contributed by atoms with Crippen LogP contribution in [-0.2, 0) is 4.79 Å². The molecule has 1 amide bonds. The van der Waals surface area contributed by atoms with E-state index in [1.54, 1.807) is 7.05 Å². The lowest BCUT2D eigenvalue weighted by Crippen LogP contribution is -2.44. The molecule has 0 aliphatic rings. The molecule has 0 fully saturated rings. The number of carbonyl (C=O) groups is 1. The van der Waals surface area contributed by atoms with Crippen molar-refractivity contribution in [1.29, 1.82) is 0 Å². The molecule has 0 heterocycles. The lowest BCUT2D eigenvalue weighted by molar-refractivity contribution is -0.120. The summed E-state index contributed by atoms with van der Waals surface area (Å²) < 4.78 is 0. The molecule has 1 atom stereocenters. The van der Waals surface area contributed by atoms with Crippen molar-refractivity contribution in [2.45, 2.75) is 26.8 Å². The number of amides is 1. The van der Waals surface area contributed by atoms with Gasteiger partial charge in [-0.05, 0) is 43.5 Å². The molecular weight excluding hydrogens is 216 g/mol. The Balaban J connectivity index is 3.09. The molecule has 1 unspecified atom stereocenters. The molecule has 1 aromatic carbocycles. The van der Waals surface area contributed by atoms with Crippen molar-refractivity contribution in [3.8, 4) is 0 Å². The van der Waals surface area contributed by atoms with E-state index >= 15 is 0 Å².